The zero-order chi connectivity index (χ0) is 19.2. The van der Waals surface area contributed by atoms with Crippen molar-refractivity contribution in [3.63, 3.8) is 0 Å². The van der Waals surface area contributed by atoms with Crippen molar-refractivity contribution in [2.24, 2.45) is 0 Å². The summed E-state index contributed by atoms with van der Waals surface area (Å²) in [7, 11) is 1.56. The molecular formula is C19H18ClN3O4. The average Bonchev–Trinajstić information content (AvgIpc) is 3.17. The molecule has 0 saturated carbocycles. The van der Waals surface area contributed by atoms with Crippen molar-refractivity contribution >= 4 is 17.6 Å². The van der Waals surface area contributed by atoms with Gasteiger partial charge >= 0.3 is 5.97 Å². The molecule has 0 spiro atoms. The van der Waals surface area contributed by atoms with Gasteiger partial charge in [-0.05, 0) is 42.8 Å². The van der Waals surface area contributed by atoms with Crippen molar-refractivity contribution < 1.29 is 19.0 Å². The number of aromatic amines is 1. The fourth-order valence-corrected chi connectivity index (χ4v) is 2.58. The number of carbonyl (C=O) groups excluding carboxylic acids is 1. The molecule has 1 aromatic heterocycles. The number of halogens is 1. The summed E-state index contributed by atoms with van der Waals surface area (Å²) in [6.45, 7) is 2.32. The molecule has 0 bridgehead atoms. The van der Waals surface area contributed by atoms with Crippen LogP contribution in [0.5, 0.6) is 11.5 Å². The molecular weight excluding hydrogens is 370 g/mol. The molecule has 0 amide bonds. The van der Waals surface area contributed by atoms with Crippen molar-refractivity contribution in [1.29, 1.82) is 0 Å². The van der Waals surface area contributed by atoms with E-state index in [0.29, 0.717) is 34.4 Å². The van der Waals surface area contributed by atoms with E-state index in [1.807, 2.05) is 12.1 Å². The maximum absolute atomic E-state index is 12.0. The minimum Gasteiger partial charge on any atom is -0.493 e. The van der Waals surface area contributed by atoms with Gasteiger partial charge in [-0.15, -0.1) is 5.10 Å². The van der Waals surface area contributed by atoms with E-state index in [1.54, 1.807) is 44.4 Å². The smallest absolute Gasteiger partial charge is 0.361 e. The molecule has 0 aliphatic carbocycles. The second kappa shape index (κ2) is 8.55. The van der Waals surface area contributed by atoms with Crippen LogP contribution in [0, 0.1) is 0 Å². The second-order valence-corrected chi connectivity index (χ2v) is 5.96. The molecule has 0 aliphatic heterocycles. The Morgan fingerprint density at radius 2 is 1.89 bits per heavy atom. The van der Waals surface area contributed by atoms with Crippen molar-refractivity contribution in [2.75, 3.05) is 13.7 Å². The maximum Gasteiger partial charge on any atom is 0.361 e. The van der Waals surface area contributed by atoms with E-state index < -0.39 is 5.97 Å². The van der Waals surface area contributed by atoms with Crippen LogP contribution >= 0.6 is 11.6 Å². The second-order valence-electron chi connectivity index (χ2n) is 5.52. The number of benzene rings is 2. The molecule has 0 unspecified atom stereocenters. The number of rotatable bonds is 7. The quantitative estimate of drug-likeness (QED) is 0.619. The number of nitrogens with one attached hydrogen (secondary N) is 1. The summed E-state index contributed by atoms with van der Waals surface area (Å²) >= 11 is 5.90. The largest absolute Gasteiger partial charge is 0.493 e. The lowest BCUT2D eigenvalue weighted by Crippen LogP contribution is -2.07. The van der Waals surface area contributed by atoms with Gasteiger partial charge in [0.15, 0.2) is 17.2 Å². The fourth-order valence-electron chi connectivity index (χ4n) is 2.45. The maximum atomic E-state index is 12.0. The van der Waals surface area contributed by atoms with Crippen LogP contribution in [0.3, 0.4) is 0 Å². The molecule has 3 rings (SSSR count). The number of hydrogen-bond acceptors (Lipinski definition) is 6. The number of esters is 1. The third-order valence-electron chi connectivity index (χ3n) is 3.76. The van der Waals surface area contributed by atoms with Gasteiger partial charge in [-0.25, -0.2) is 4.79 Å². The predicted molar refractivity (Wildman–Crippen MR) is 100 cm³/mol. The Hall–Kier alpha value is -3.06. The topological polar surface area (TPSA) is 86.3 Å². The Balaban J connectivity index is 1.86. The van der Waals surface area contributed by atoms with Gasteiger partial charge in [-0.2, -0.15) is 10.3 Å². The highest BCUT2D eigenvalue weighted by Crippen LogP contribution is 2.33. The first-order valence-corrected chi connectivity index (χ1v) is 8.63. The lowest BCUT2D eigenvalue weighted by atomic mass is 10.1. The molecule has 0 radical (unpaired) electrons. The van der Waals surface area contributed by atoms with Crippen molar-refractivity contribution in [2.45, 2.75) is 13.5 Å². The molecule has 8 heteroatoms. The number of H-pyrrole nitrogens is 1. The summed E-state index contributed by atoms with van der Waals surface area (Å²) in [5, 5.41) is 11.1. The third kappa shape index (κ3) is 4.38. The van der Waals surface area contributed by atoms with Gasteiger partial charge in [0, 0.05) is 10.6 Å². The number of ether oxygens (including phenoxy) is 3. The lowest BCUT2D eigenvalue weighted by molar-refractivity contribution is 0.0520. The van der Waals surface area contributed by atoms with E-state index in [0.717, 1.165) is 5.56 Å². The van der Waals surface area contributed by atoms with Gasteiger partial charge in [0.05, 0.1) is 13.7 Å². The third-order valence-corrected chi connectivity index (χ3v) is 4.01. The molecule has 0 aliphatic rings. The molecule has 2 aromatic carbocycles. The zero-order valence-corrected chi connectivity index (χ0v) is 15.6. The molecule has 0 atom stereocenters. The molecule has 0 fully saturated rings. The monoisotopic (exact) mass is 387 g/mol. The highest BCUT2D eigenvalue weighted by molar-refractivity contribution is 6.30. The number of methoxy groups -OCH3 is 1. The highest BCUT2D eigenvalue weighted by Gasteiger charge is 2.20. The zero-order valence-electron chi connectivity index (χ0n) is 14.9. The summed E-state index contributed by atoms with van der Waals surface area (Å²) < 4.78 is 16.3. The first-order valence-electron chi connectivity index (χ1n) is 8.26. The number of hydrogen-bond donors (Lipinski definition) is 1. The molecule has 0 saturated heterocycles. The first kappa shape index (κ1) is 18.7. The molecule has 7 nitrogen and oxygen atoms in total. The van der Waals surface area contributed by atoms with Gasteiger partial charge in [0.1, 0.15) is 12.3 Å². The van der Waals surface area contributed by atoms with E-state index in [1.165, 1.54) is 0 Å². The van der Waals surface area contributed by atoms with E-state index in [-0.39, 0.29) is 12.3 Å². The highest BCUT2D eigenvalue weighted by atomic mass is 35.5. The number of nitrogens with zero attached hydrogens (tertiary/aromatic N) is 2. The van der Waals surface area contributed by atoms with Crippen LogP contribution in [0.15, 0.2) is 42.5 Å². The molecule has 27 heavy (non-hydrogen) atoms. The van der Waals surface area contributed by atoms with Crippen LogP contribution in [-0.4, -0.2) is 35.1 Å². The van der Waals surface area contributed by atoms with Crippen LogP contribution in [0.4, 0.5) is 0 Å². The van der Waals surface area contributed by atoms with E-state index in [9.17, 15) is 4.79 Å². The number of aromatic nitrogens is 3. The van der Waals surface area contributed by atoms with Gasteiger partial charge in [-0.3, -0.25) is 0 Å². The van der Waals surface area contributed by atoms with Gasteiger partial charge in [0.2, 0.25) is 0 Å². The summed E-state index contributed by atoms with van der Waals surface area (Å²) in [5.41, 5.74) is 2.11. The van der Waals surface area contributed by atoms with Gasteiger partial charge in [0.25, 0.3) is 0 Å². The summed E-state index contributed by atoms with van der Waals surface area (Å²) in [6, 6.07) is 12.6. The van der Waals surface area contributed by atoms with E-state index in [4.69, 9.17) is 25.8 Å². The fraction of sp³-hybridized carbons (Fsp3) is 0.211. The molecule has 1 N–H and O–H groups in total. The van der Waals surface area contributed by atoms with Crippen LogP contribution in [0.25, 0.3) is 11.3 Å². The van der Waals surface area contributed by atoms with Crippen molar-refractivity contribution in [1.82, 2.24) is 15.4 Å². The minimum absolute atomic E-state index is 0.116. The molecule has 1 heterocycles. The van der Waals surface area contributed by atoms with Crippen LogP contribution in [0.2, 0.25) is 5.02 Å². The number of carbonyl (C=O) groups is 1. The Morgan fingerprint density at radius 1 is 1.11 bits per heavy atom. The lowest BCUT2D eigenvalue weighted by Gasteiger charge is -2.12. The Labute approximate surface area is 161 Å². The standard InChI is InChI=1S/C19H18ClN3O4/c1-3-26-19(24)18-17(21-23-22-18)13-6-9-15(25-2)16(10-13)27-11-12-4-7-14(20)8-5-12/h4-10H,3,11H2,1-2H3,(H,21,22,23). The summed E-state index contributed by atoms with van der Waals surface area (Å²) in [6.07, 6.45) is 0. The molecule has 3 aromatic rings. The summed E-state index contributed by atoms with van der Waals surface area (Å²) in [5.74, 6) is 0.539. The minimum atomic E-state index is -0.541. The van der Waals surface area contributed by atoms with Crippen LogP contribution in [0.1, 0.15) is 23.0 Å². The SMILES string of the molecule is CCOC(=O)c1n[nH]nc1-c1ccc(OC)c(OCc2ccc(Cl)cc2)c1. The Bertz CT molecular complexity index is 925. The normalized spacial score (nSPS) is 10.5. The Morgan fingerprint density at radius 3 is 2.59 bits per heavy atom. The van der Waals surface area contributed by atoms with Crippen molar-refractivity contribution in [3.8, 4) is 22.8 Å². The molecule has 140 valence electrons. The van der Waals surface area contributed by atoms with E-state index >= 15 is 0 Å². The van der Waals surface area contributed by atoms with Gasteiger partial charge < -0.3 is 14.2 Å². The van der Waals surface area contributed by atoms with Gasteiger partial charge in [-0.1, -0.05) is 23.7 Å². The Kier molecular flexibility index (Phi) is 5.93. The predicted octanol–water partition coefficient (Wildman–Crippen LogP) is 3.89. The van der Waals surface area contributed by atoms with E-state index in [2.05, 4.69) is 15.4 Å². The van der Waals surface area contributed by atoms with Crippen molar-refractivity contribution in [3.05, 3.63) is 58.7 Å². The first-order chi connectivity index (χ1) is 13.1. The van der Waals surface area contributed by atoms with Crippen LogP contribution in [-0.2, 0) is 11.3 Å². The van der Waals surface area contributed by atoms with Crippen LogP contribution < -0.4 is 9.47 Å². The summed E-state index contributed by atoms with van der Waals surface area (Å²) in [4.78, 5) is 12.0. The average molecular weight is 388 g/mol.